The molecule has 0 aliphatic carbocycles. The zero-order chi connectivity index (χ0) is 16.7. The quantitative estimate of drug-likeness (QED) is 0.798. The molecule has 5 nitrogen and oxygen atoms in total. The number of benzene rings is 1. The molecule has 2 aromatic rings. The second-order valence-corrected chi connectivity index (χ2v) is 5.46. The molecular formula is C18H21NO4. The fourth-order valence-electron chi connectivity index (χ4n) is 2.22. The summed E-state index contributed by atoms with van der Waals surface area (Å²) in [7, 11) is 0. The van der Waals surface area contributed by atoms with Crippen LogP contribution in [0, 0.1) is 6.92 Å². The normalized spacial score (nSPS) is 11.7. The lowest BCUT2D eigenvalue weighted by Crippen LogP contribution is -2.36. The minimum Gasteiger partial charge on any atom is -0.469 e. The van der Waals surface area contributed by atoms with Crippen molar-refractivity contribution in [3.8, 4) is 0 Å². The summed E-state index contributed by atoms with van der Waals surface area (Å²) in [6, 6.07) is 11.6. The van der Waals surface area contributed by atoms with Crippen LogP contribution in [0.25, 0.3) is 0 Å². The van der Waals surface area contributed by atoms with Crippen molar-refractivity contribution in [3.63, 3.8) is 0 Å². The summed E-state index contributed by atoms with van der Waals surface area (Å²) < 4.78 is 10.0. The van der Waals surface area contributed by atoms with Crippen LogP contribution in [0.15, 0.2) is 47.1 Å². The highest BCUT2D eigenvalue weighted by Gasteiger charge is 2.15. The summed E-state index contributed by atoms with van der Waals surface area (Å²) in [4.78, 5) is 23.6. The van der Waals surface area contributed by atoms with Crippen molar-refractivity contribution in [2.24, 2.45) is 0 Å². The Labute approximate surface area is 135 Å². The first-order chi connectivity index (χ1) is 11.1. The number of carbonyl (C=O) groups excluding carboxylic acids is 2. The maximum atomic E-state index is 11.8. The van der Waals surface area contributed by atoms with E-state index in [0.717, 1.165) is 12.8 Å². The average molecular weight is 315 g/mol. The number of esters is 1. The Morgan fingerprint density at radius 1 is 1.22 bits per heavy atom. The number of hydrogen-bond acceptors (Lipinski definition) is 4. The van der Waals surface area contributed by atoms with Gasteiger partial charge in [-0.3, -0.25) is 4.79 Å². The largest absolute Gasteiger partial charge is 0.469 e. The predicted octanol–water partition coefficient (Wildman–Crippen LogP) is 2.88. The number of carbonyl (C=O) groups is 2. The first-order valence-corrected chi connectivity index (χ1v) is 7.60. The molecule has 0 fully saturated rings. The highest BCUT2D eigenvalue weighted by molar-refractivity contribution is 5.92. The molecule has 1 aromatic carbocycles. The Morgan fingerprint density at radius 3 is 2.61 bits per heavy atom. The van der Waals surface area contributed by atoms with Crippen molar-refractivity contribution < 1.29 is 18.7 Å². The fraction of sp³-hybridized carbons (Fsp3) is 0.333. The molecule has 1 atom stereocenters. The number of rotatable bonds is 7. The molecule has 1 aromatic heterocycles. The van der Waals surface area contributed by atoms with Gasteiger partial charge in [0.25, 0.3) is 5.91 Å². The van der Waals surface area contributed by atoms with E-state index in [1.807, 2.05) is 25.1 Å². The Hall–Kier alpha value is -2.56. The highest BCUT2D eigenvalue weighted by Crippen LogP contribution is 2.10. The molecule has 5 heteroatoms. The first kappa shape index (κ1) is 16.8. The molecular weight excluding hydrogens is 294 g/mol. The second-order valence-electron chi connectivity index (χ2n) is 5.46. The third-order valence-corrected chi connectivity index (χ3v) is 3.53. The molecule has 0 aliphatic rings. The highest BCUT2D eigenvalue weighted by atomic mass is 16.5. The van der Waals surface area contributed by atoms with E-state index in [2.05, 4.69) is 17.4 Å². The lowest BCUT2D eigenvalue weighted by atomic mass is 10.1. The van der Waals surface area contributed by atoms with Crippen LogP contribution >= 0.6 is 0 Å². The molecule has 2 rings (SSSR count). The van der Waals surface area contributed by atoms with Crippen LogP contribution < -0.4 is 5.32 Å². The Morgan fingerprint density at radius 2 is 1.96 bits per heavy atom. The van der Waals surface area contributed by atoms with Crippen LogP contribution in [-0.2, 0) is 16.0 Å². The molecule has 1 N–H and O–H groups in total. The number of hydrogen-bond donors (Lipinski definition) is 1. The monoisotopic (exact) mass is 315 g/mol. The molecule has 0 saturated carbocycles. The van der Waals surface area contributed by atoms with E-state index in [-0.39, 0.29) is 18.6 Å². The number of aryl methyl sites for hydroxylation is 2. The van der Waals surface area contributed by atoms with E-state index in [9.17, 15) is 9.59 Å². The molecule has 0 radical (unpaired) electrons. The van der Waals surface area contributed by atoms with Crippen LogP contribution in [0.5, 0.6) is 0 Å². The predicted molar refractivity (Wildman–Crippen MR) is 86.1 cm³/mol. The smallest absolute Gasteiger partial charge is 0.342 e. The van der Waals surface area contributed by atoms with E-state index in [1.165, 1.54) is 17.9 Å². The Kier molecular flexibility index (Phi) is 5.97. The van der Waals surface area contributed by atoms with E-state index >= 15 is 0 Å². The fourth-order valence-corrected chi connectivity index (χ4v) is 2.22. The van der Waals surface area contributed by atoms with Crippen molar-refractivity contribution >= 4 is 11.9 Å². The van der Waals surface area contributed by atoms with Crippen molar-refractivity contribution in [1.82, 2.24) is 5.32 Å². The number of nitrogens with one attached hydrogen (secondary N) is 1. The van der Waals surface area contributed by atoms with Gasteiger partial charge in [-0.05, 0) is 38.3 Å². The first-order valence-electron chi connectivity index (χ1n) is 7.60. The molecule has 0 spiro atoms. The van der Waals surface area contributed by atoms with Gasteiger partial charge in [-0.2, -0.15) is 0 Å². The summed E-state index contributed by atoms with van der Waals surface area (Å²) in [6.07, 6.45) is 3.12. The topological polar surface area (TPSA) is 68.5 Å². The molecule has 0 aliphatic heterocycles. The van der Waals surface area contributed by atoms with E-state index in [0.29, 0.717) is 11.3 Å². The van der Waals surface area contributed by atoms with Crippen LogP contribution in [-0.4, -0.2) is 24.5 Å². The van der Waals surface area contributed by atoms with Gasteiger partial charge in [0.1, 0.15) is 11.3 Å². The number of furan rings is 1. The van der Waals surface area contributed by atoms with Gasteiger partial charge in [0, 0.05) is 6.04 Å². The van der Waals surface area contributed by atoms with Crippen LogP contribution in [0.2, 0.25) is 0 Å². The lowest BCUT2D eigenvalue weighted by molar-refractivity contribution is -0.124. The Balaban J connectivity index is 1.70. The SMILES string of the molecule is Cc1occc1C(=O)OCC(=O)N[C@@H](C)CCc1ccccc1. The zero-order valence-electron chi connectivity index (χ0n) is 13.4. The maximum Gasteiger partial charge on any atom is 0.342 e. The van der Waals surface area contributed by atoms with E-state index < -0.39 is 5.97 Å². The molecule has 122 valence electrons. The molecule has 0 saturated heterocycles. The van der Waals surface area contributed by atoms with Gasteiger partial charge in [-0.1, -0.05) is 30.3 Å². The summed E-state index contributed by atoms with van der Waals surface area (Å²) in [5.74, 6) is -0.380. The maximum absolute atomic E-state index is 11.8. The summed E-state index contributed by atoms with van der Waals surface area (Å²) >= 11 is 0. The third kappa shape index (κ3) is 5.29. The van der Waals surface area contributed by atoms with E-state index in [4.69, 9.17) is 9.15 Å². The second kappa shape index (κ2) is 8.17. The van der Waals surface area contributed by atoms with Crippen molar-refractivity contribution in [3.05, 3.63) is 59.5 Å². The Bertz CT molecular complexity index is 648. The van der Waals surface area contributed by atoms with Crippen molar-refractivity contribution in [2.45, 2.75) is 32.7 Å². The van der Waals surface area contributed by atoms with Gasteiger partial charge in [0.05, 0.1) is 6.26 Å². The average Bonchev–Trinajstić information content (AvgIpc) is 2.98. The zero-order valence-corrected chi connectivity index (χ0v) is 13.4. The van der Waals surface area contributed by atoms with Gasteiger partial charge < -0.3 is 14.5 Å². The van der Waals surface area contributed by atoms with Gasteiger partial charge in [-0.25, -0.2) is 4.79 Å². The molecule has 0 unspecified atom stereocenters. The minimum atomic E-state index is -0.552. The molecule has 0 bridgehead atoms. The number of amides is 1. The third-order valence-electron chi connectivity index (χ3n) is 3.53. The number of ether oxygens (including phenoxy) is 1. The van der Waals surface area contributed by atoms with Gasteiger partial charge in [-0.15, -0.1) is 0 Å². The molecule has 1 amide bonds. The van der Waals surface area contributed by atoms with Gasteiger partial charge >= 0.3 is 5.97 Å². The standard InChI is InChI=1S/C18H21NO4/c1-13(8-9-15-6-4-3-5-7-15)19-17(20)12-23-18(21)16-10-11-22-14(16)2/h3-7,10-11,13H,8-9,12H2,1-2H3,(H,19,20)/t13-/m0/s1. The van der Waals surface area contributed by atoms with Crippen LogP contribution in [0.1, 0.15) is 35.0 Å². The summed E-state index contributed by atoms with van der Waals surface area (Å²) in [5.41, 5.74) is 1.57. The van der Waals surface area contributed by atoms with Crippen molar-refractivity contribution in [2.75, 3.05) is 6.61 Å². The summed E-state index contributed by atoms with van der Waals surface area (Å²) in [5, 5.41) is 2.83. The molecule has 23 heavy (non-hydrogen) atoms. The van der Waals surface area contributed by atoms with Crippen LogP contribution in [0.3, 0.4) is 0 Å². The molecule has 1 heterocycles. The van der Waals surface area contributed by atoms with E-state index in [1.54, 1.807) is 6.92 Å². The minimum absolute atomic E-state index is 0.0112. The van der Waals surface area contributed by atoms with Crippen LogP contribution in [0.4, 0.5) is 0 Å². The van der Waals surface area contributed by atoms with Crippen molar-refractivity contribution in [1.29, 1.82) is 0 Å². The lowest BCUT2D eigenvalue weighted by Gasteiger charge is -2.14. The van der Waals surface area contributed by atoms with Gasteiger partial charge in [0.15, 0.2) is 6.61 Å². The summed E-state index contributed by atoms with van der Waals surface area (Å²) in [6.45, 7) is 3.31. The van der Waals surface area contributed by atoms with Gasteiger partial charge in [0.2, 0.25) is 0 Å².